The molecule has 170 valence electrons. The van der Waals surface area contributed by atoms with Crippen LogP contribution in [0.1, 0.15) is 27.0 Å². The van der Waals surface area contributed by atoms with Crippen molar-refractivity contribution in [2.75, 3.05) is 24.4 Å². The molecule has 0 bridgehead atoms. The zero-order valence-electron chi connectivity index (χ0n) is 18.6. The van der Waals surface area contributed by atoms with Crippen LogP contribution in [0.3, 0.4) is 0 Å². The second-order valence-electron chi connectivity index (χ2n) is 8.85. The summed E-state index contributed by atoms with van der Waals surface area (Å²) in [5, 5.41) is 0. The number of rotatable bonds is 5. The fourth-order valence-electron chi connectivity index (χ4n) is 4.54. The summed E-state index contributed by atoms with van der Waals surface area (Å²) < 4.78 is 27.8. The van der Waals surface area contributed by atoms with Crippen LogP contribution in [0.15, 0.2) is 77.7 Å². The maximum absolute atomic E-state index is 12.9. The van der Waals surface area contributed by atoms with Gasteiger partial charge in [-0.25, -0.2) is 8.42 Å². The van der Waals surface area contributed by atoms with Crippen LogP contribution in [0.2, 0.25) is 0 Å². The number of benzene rings is 3. The number of aryl methyl sites for hydroxylation is 1. The third kappa shape index (κ3) is 4.51. The Hall–Kier alpha value is -3.16. The number of carbonyl (C=O) groups excluding carboxylic acids is 1. The molecule has 0 saturated carbocycles. The van der Waals surface area contributed by atoms with E-state index in [1.54, 1.807) is 42.5 Å². The van der Waals surface area contributed by atoms with Gasteiger partial charge in [-0.1, -0.05) is 36.4 Å². The van der Waals surface area contributed by atoms with Crippen molar-refractivity contribution in [1.82, 2.24) is 9.80 Å². The van der Waals surface area contributed by atoms with Crippen LogP contribution in [0, 0.1) is 6.92 Å². The van der Waals surface area contributed by atoms with Gasteiger partial charge < -0.3 is 4.90 Å². The minimum Gasteiger partial charge on any atom is -0.335 e. The Morgan fingerprint density at radius 2 is 1.67 bits per heavy atom. The van der Waals surface area contributed by atoms with Gasteiger partial charge in [0.1, 0.15) is 0 Å². The zero-order valence-corrected chi connectivity index (χ0v) is 19.4. The Balaban J connectivity index is 1.18. The normalized spacial score (nSPS) is 16.7. The van der Waals surface area contributed by atoms with Crippen molar-refractivity contribution in [3.63, 3.8) is 0 Å². The molecule has 1 amide bonds. The van der Waals surface area contributed by atoms with E-state index < -0.39 is 10.0 Å². The molecule has 7 heteroatoms. The van der Waals surface area contributed by atoms with Crippen LogP contribution in [0.5, 0.6) is 0 Å². The van der Waals surface area contributed by atoms with Gasteiger partial charge in [-0.3, -0.25) is 14.4 Å². The molecular weight excluding hydrogens is 434 g/mol. The minimum absolute atomic E-state index is 0.0169. The highest BCUT2D eigenvalue weighted by Gasteiger charge is 2.36. The molecule has 2 aliphatic rings. The number of hydrogen-bond acceptors (Lipinski definition) is 4. The number of anilines is 1. The van der Waals surface area contributed by atoms with Gasteiger partial charge in [0.15, 0.2) is 0 Å². The van der Waals surface area contributed by atoms with Crippen molar-refractivity contribution in [3.05, 3.63) is 95.1 Å². The number of likely N-dealkylation sites (tertiary alicyclic amines) is 1. The van der Waals surface area contributed by atoms with Crippen molar-refractivity contribution in [1.29, 1.82) is 0 Å². The monoisotopic (exact) mass is 461 g/mol. The molecule has 6 nitrogen and oxygen atoms in total. The van der Waals surface area contributed by atoms with Gasteiger partial charge in [0.2, 0.25) is 0 Å². The SMILES string of the molecule is Cc1cccc(S(=O)(=O)Nc2ccc(C(=O)N3CC(N4CCc5ccccc5C4)C3)cc2)c1. The first-order valence-corrected chi connectivity index (χ1v) is 12.7. The third-order valence-corrected chi connectivity index (χ3v) is 7.89. The van der Waals surface area contributed by atoms with Crippen molar-refractivity contribution in [2.45, 2.75) is 30.8 Å². The highest BCUT2D eigenvalue weighted by atomic mass is 32.2. The Bertz CT molecular complexity index is 1280. The van der Waals surface area contributed by atoms with Crippen LogP contribution < -0.4 is 4.72 Å². The van der Waals surface area contributed by atoms with E-state index in [9.17, 15) is 13.2 Å². The summed E-state index contributed by atoms with van der Waals surface area (Å²) in [6.07, 6.45) is 1.06. The van der Waals surface area contributed by atoms with E-state index in [0.717, 1.165) is 38.2 Å². The standard InChI is InChI=1S/C26H27N3O3S/c1-19-5-4-8-25(15-19)33(31,32)27-23-11-9-21(10-12-23)26(30)29-17-24(18-29)28-14-13-20-6-2-3-7-22(20)16-28/h2-12,15,24,27H,13-14,16-18H2,1H3. The second kappa shape index (κ2) is 8.65. The van der Waals surface area contributed by atoms with Gasteiger partial charge in [-0.15, -0.1) is 0 Å². The van der Waals surface area contributed by atoms with Gasteiger partial charge in [0.25, 0.3) is 15.9 Å². The topological polar surface area (TPSA) is 69.7 Å². The lowest BCUT2D eigenvalue weighted by Gasteiger charge is -2.47. The van der Waals surface area contributed by atoms with Crippen LogP contribution in [0.25, 0.3) is 0 Å². The maximum Gasteiger partial charge on any atom is 0.261 e. The fraction of sp³-hybridized carbons (Fsp3) is 0.269. The zero-order chi connectivity index (χ0) is 23.0. The molecule has 2 aliphatic heterocycles. The first-order valence-electron chi connectivity index (χ1n) is 11.2. The van der Waals surface area contributed by atoms with Gasteiger partial charge in [-0.05, 0) is 66.4 Å². The lowest BCUT2D eigenvalue weighted by atomic mass is 9.96. The van der Waals surface area contributed by atoms with Gasteiger partial charge in [-0.2, -0.15) is 0 Å². The van der Waals surface area contributed by atoms with E-state index in [2.05, 4.69) is 33.9 Å². The highest BCUT2D eigenvalue weighted by Crippen LogP contribution is 2.26. The summed E-state index contributed by atoms with van der Waals surface area (Å²) >= 11 is 0. The fourth-order valence-corrected chi connectivity index (χ4v) is 5.70. The molecule has 0 unspecified atom stereocenters. The molecule has 0 atom stereocenters. The quantitative estimate of drug-likeness (QED) is 0.629. The predicted octanol–water partition coefficient (Wildman–Crippen LogP) is 3.68. The molecule has 0 aromatic heterocycles. The average Bonchev–Trinajstić information content (AvgIpc) is 2.78. The molecule has 1 saturated heterocycles. The lowest BCUT2D eigenvalue weighted by Crippen LogP contribution is -2.61. The molecule has 2 heterocycles. The van der Waals surface area contributed by atoms with Crippen LogP contribution in [-0.4, -0.2) is 49.8 Å². The van der Waals surface area contributed by atoms with Crippen molar-refractivity contribution in [3.8, 4) is 0 Å². The summed E-state index contributed by atoms with van der Waals surface area (Å²) in [6, 6.07) is 22.4. The number of nitrogens with one attached hydrogen (secondary N) is 1. The number of fused-ring (bicyclic) bond motifs is 1. The molecule has 3 aromatic carbocycles. The molecular formula is C26H27N3O3S. The summed E-state index contributed by atoms with van der Waals surface area (Å²) in [7, 11) is -3.67. The molecule has 5 rings (SSSR count). The number of carbonyl (C=O) groups is 1. The Labute approximate surface area is 194 Å². The second-order valence-corrected chi connectivity index (χ2v) is 10.5. The summed E-state index contributed by atoms with van der Waals surface area (Å²) in [4.78, 5) is 17.4. The van der Waals surface area contributed by atoms with Crippen LogP contribution in [-0.2, 0) is 23.0 Å². The Morgan fingerprint density at radius 1 is 0.939 bits per heavy atom. The van der Waals surface area contributed by atoms with E-state index in [1.807, 2.05) is 17.9 Å². The first kappa shape index (κ1) is 21.7. The largest absolute Gasteiger partial charge is 0.335 e. The molecule has 0 aliphatic carbocycles. The van der Waals surface area contributed by atoms with E-state index in [1.165, 1.54) is 11.1 Å². The summed E-state index contributed by atoms with van der Waals surface area (Å²) in [6.45, 7) is 5.27. The molecule has 0 spiro atoms. The van der Waals surface area contributed by atoms with Crippen molar-refractivity contribution >= 4 is 21.6 Å². The Morgan fingerprint density at radius 3 is 2.39 bits per heavy atom. The lowest BCUT2D eigenvalue weighted by molar-refractivity contribution is 0.0218. The van der Waals surface area contributed by atoms with Gasteiger partial charge in [0, 0.05) is 43.5 Å². The van der Waals surface area contributed by atoms with Crippen LogP contribution >= 0.6 is 0 Å². The minimum atomic E-state index is -3.67. The summed E-state index contributed by atoms with van der Waals surface area (Å²) in [5.74, 6) is -0.0169. The van der Waals surface area contributed by atoms with E-state index in [4.69, 9.17) is 0 Å². The van der Waals surface area contributed by atoms with Gasteiger partial charge in [0.05, 0.1) is 4.90 Å². The first-order chi connectivity index (χ1) is 15.9. The molecule has 3 aromatic rings. The average molecular weight is 462 g/mol. The smallest absolute Gasteiger partial charge is 0.261 e. The van der Waals surface area contributed by atoms with Gasteiger partial charge >= 0.3 is 0 Å². The molecule has 33 heavy (non-hydrogen) atoms. The number of sulfonamides is 1. The predicted molar refractivity (Wildman–Crippen MR) is 129 cm³/mol. The molecule has 1 N–H and O–H groups in total. The maximum atomic E-state index is 12.9. The van der Waals surface area contributed by atoms with Crippen molar-refractivity contribution in [2.24, 2.45) is 0 Å². The third-order valence-electron chi connectivity index (χ3n) is 6.51. The number of amides is 1. The number of hydrogen-bond donors (Lipinski definition) is 1. The van der Waals surface area contributed by atoms with E-state index in [0.29, 0.717) is 17.3 Å². The van der Waals surface area contributed by atoms with Crippen molar-refractivity contribution < 1.29 is 13.2 Å². The Kier molecular flexibility index (Phi) is 5.68. The highest BCUT2D eigenvalue weighted by molar-refractivity contribution is 7.92. The number of nitrogens with zero attached hydrogens (tertiary/aromatic N) is 2. The molecule has 0 radical (unpaired) electrons. The van der Waals surface area contributed by atoms with Crippen LogP contribution in [0.4, 0.5) is 5.69 Å². The van der Waals surface area contributed by atoms with E-state index in [-0.39, 0.29) is 10.8 Å². The van der Waals surface area contributed by atoms with E-state index >= 15 is 0 Å². The summed E-state index contributed by atoms with van der Waals surface area (Å²) in [5.41, 5.74) is 4.69. The molecule has 1 fully saturated rings.